The Kier molecular flexibility index (Phi) is 4.60. The van der Waals surface area contributed by atoms with E-state index in [9.17, 15) is 0 Å². The van der Waals surface area contributed by atoms with Gasteiger partial charge >= 0.3 is 0 Å². The van der Waals surface area contributed by atoms with Crippen molar-refractivity contribution in [2.75, 3.05) is 18.4 Å². The van der Waals surface area contributed by atoms with Crippen LogP contribution in [0, 0.1) is 0 Å². The molecule has 1 saturated heterocycles. The summed E-state index contributed by atoms with van der Waals surface area (Å²) in [4.78, 5) is 13.6. The van der Waals surface area contributed by atoms with Crippen LogP contribution in [0.2, 0.25) is 0 Å². The van der Waals surface area contributed by atoms with E-state index in [1.165, 1.54) is 0 Å². The van der Waals surface area contributed by atoms with Gasteiger partial charge in [0.25, 0.3) is 0 Å². The molecule has 2 aromatic heterocycles. The van der Waals surface area contributed by atoms with Crippen molar-refractivity contribution in [3.05, 3.63) is 60.2 Å². The second kappa shape index (κ2) is 7.53. The van der Waals surface area contributed by atoms with Gasteiger partial charge in [0.2, 0.25) is 5.95 Å². The van der Waals surface area contributed by atoms with Crippen LogP contribution in [-0.4, -0.2) is 34.1 Å². The molecule has 5 rings (SSSR count). The van der Waals surface area contributed by atoms with E-state index in [2.05, 4.69) is 26.7 Å². The van der Waals surface area contributed by atoms with Crippen LogP contribution in [0.1, 0.15) is 6.42 Å². The van der Waals surface area contributed by atoms with E-state index in [1.807, 2.05) is 54.2 Å². The van der Waals surface area contributed by atoms with Crippen LogP contribution in [0.5, 0.6) is 5.75 Å². The first kappa shape index (κ1) is 17.1. The number of hydrogen-bond donors (Lipinski definition) is 2. The molecule has 1 fully saturated rings. The quantitative estimate of drug-likeness (QED) is 0.532. The van der Waals surface area contributed by atoms with Gasteiger partial charge in [0, 0.05) is 41.5 Å². The highest BCUT2D eigenvalue weighted by molar-refractivity contribution is 7.13. The first-order valence-electron chi connectivity index (χ1n) is 9.25. The zero-order valence-electron chi connectivity index (χ0n) is 15.1. The van der Waals surface area contributed by atoms with E-state index in [4.69, 9.17) is 9.72 Å². The highest BCUT2D eigenvalue weighted by Crippen LogP contribution is 2.36. The van der Waals surface area contributed by atoms with Gasteiger partial charge in [-0.25, -0.2) is 15.0 Å². The van der Waals surface area contributed by atoms with Crippen LogP contribution < -0.4 is 15.4 Å². The standard InChI is InChI=1S/C21H19N5OS/c1-2-4-15(5-3-1)25-21-24-12-14-10-17(20-23-8-9-28-20)19(11-18(14)26-21)27-16-6-7-22-13-16/h1-5,8-12,16,22H,6-7,13H2,(H,24,25,26)/t16-/m1/s1. The summed E-state index contributed by atoms with van der Waals surface area (Å²) >= 11 is 1.60. The lowest BCUT2D eigenvalue weighted by molar-refractivity contribution is 0.224. The minimum Gasteiger partial charge on any atom is -0.488 e. The molecular formula is C21H19N5OS. The number of nitrogens with zero attached hydrogens (tertiary/aromatic N) is 3. The topological polar surface area (TPSA) is 72.0 Å². The monoisotopic (exact) mass is 389 g/mol. The minimum atomic E-state index is 0.167. The molecule has 3 heterocycles. The molecule has 0 unspecified atom stereocenters. The maximum absolute atomic E-state index is 6.32. The number of benzene rings is 2. The maximum atomic E-state index is 6.32. The Balaban J connectivity index is 1.54. The number of para-hydroxylation sites is 1. The summed E-state index contributed by atoms with van der Waals surface area (Å²) in [6, 6.07) is 14.0. The molecule has 4 aromatic rings. The second-order valence-corrected chi connectivity index (χ2v) is 7.56. The van der Waals surface area contributed by atoms with Crippen molar-refractivity contribution in [3.63, 3.8) is 0 Å². The third-order valence-corrected chi connectivity index (χ3v) is 5.49. The third kappa shape index (κ3) is 3.54. The van der Waals surface area contributed by atoms with Crippen LogP contribution in [0.25, 0.3) is 21.5 Å². The summed E-state index contributed by atoms with van der Waals surface area (Å²) in [7, 11) is 0. The Morgan fingerprint density at radius 3 is 2.86 bits per heavy atom. The summed E-state index contributed by atoms with van der Waals surface area (Å²) in [6.07, 6.45) is 4.82. The fourth-order valence-corrected chi connectivity index (χ4v) is 3.96. The predicted octanol–water partition coefficient (Wildman–Crippen LogP) is 4.24. The summed E-state index contributed by atoms with van der Waals surface area (Å²) in [5, 5.41) is 10.5. The zero-order valence-corrected chi connectivity index (χ0v) is 15.9. The average molecular weight is 389 g/mol. The van der Waals surface area contributed by atoms with E-state index in [0.717, 1.165) is 52.4 Å². The second-order valence-electron chi connectivity index (χ2n) is 6.66. The fraction of sp³-hybridized carbons (Fsp3) is 0.190. The molecule has 0 spiro atoms. The number of fused-ring (bicyclic) bond motifs is 1. The molecule has 2 aromatic carbocycles. The summed E-state index contributed by atoms with van der Waals surface area (Å²) in [5.41, 5.74) is 2.78. The molecule has 1 aliphatic heterocycles. The number of ether oxygens (including phenoxy) is 1. The Morgan fingerprint density at radius 2 is 2.07 bits per heavy atom. The summed E-state index contributed by atoms with van der Waals surface area (Å²) in [6.45, 7) is 1.85. The SMILES string of the molecule is c1ccc(Nc2ncc3cc(-c4nccs4)c(O[C@@H]4CCNC4)cc3n2)cc1. The van der Waals surface area contributed by atoms with Crippen LogP contribution in [0.3, 0.4) is 0 Å². The Morgan fingerprint density at radius 1 is 1.14 bits per heavy atom. The van der Waals surface area contributed by atoms with Gasteiger partial charge in [-0.2, -0.15) is 0 Å². The smallest absolute Gasteiger partial charge is 0.227 e. The Bertz CT molecular complexity index is 1080. The number of nitrogens with one attached hydrogen (secondary N) is 2. The number of rotatable bonds is 5. The van der Waals surface area contributed by atoms with Crippen molar-refractivity contribution in [1.29, 1.82) is 0 Å². The molecule has 1 atom stereocenters. The van der Waals surface area contributed by atoms with Gasteiger partial charge in [0.1, 0.15) is 16.9 Å². The van der Waals surface area contributed by atoms with Crippen LogP contribution >= 0.6 is 11.3 Å². The fourth-order valence-electron chi connectivity index (χ4n) is 3.30. The number of aromatic nitrogens is 3. The zero-order chi connectivity index (χ0) is 18.8. The van der Waals surface area contributed by atoms with Crippen molar-refractivity contribution in [1.82, 2.24) is 20.3 Å². The Hall–Kier alpha value is -3.03. The molecule has 0 radical (unpaired) electrons. The van der Waals surface area contributed by atoms with Crippen molar-refractivity contribution >= 4 is 33.9 Å². The van der Waals surface area contributed by atoms with Crippen LogP contribution in [0.4, 0.5) is 11.6 Å². The van der Waals surface area contributed by atoms with Crippen LogP contribution in [0.15, 0.2) is 60.2 Å². The van der Waals surface area contributed by atoms with Crippen LogP contribution in [-0.2, 0) is 0 Å². The molecule has 6 nitrogen and oxygen atoms in total. The molecule has 1 aliphatic rings. The molecule has 140 valence electrons. The lowest BCUT2D eigenvalue weighted by Crippen LogP contribution is -2.19. The van der Waals surface area contributed by atoms with Crippen molar-refractivity contribution in [2.45, 2.75) is 12.5 Å². The van der Waals surface area contributed by atoms with Gasteiger partial charge in [-0.15, -0.1) is 11.3 Å². The molecule has 0 bridgehead atoms. The van der Waals surface area contributed by atoms with Gasteiger partial charge in [-0.3, -0.25) is 0 Å². The average Bonchev–Trinajstić information content (AvgIpc) is 3.42. The maximum Gasteiger partial charge on any atom is 0.227 e. The van der Waals surface area contributed by atoms with Crippen molar-refractivity contribution in [3.8, 4) is 16.3 Å². The van der Waals surface area contributed by atoms with Gasteiger partial charge in [0.05, 0.1) is 11.1 Å². The molecule has 2 N–H and O–H groups in total. The molecule has 7 heteroatoms. The van der Waals surface area contributed by atoms with E-state index < -0.39 is 0 Å². The van der Waals surface area contributed by atoms with Crippen molar-refractivity contribution < 1.29 is 4.74 Å². The normalized spacial score (nSPS) is 16.4. The van der Waals surface area contributed by atoms with Gasteiger partial charge < -0.3 is 15.4 Å². The lowest BCUT2D eigenvalue weighted by atomic mass is 10.1. The minimum absolute atomic E-state index is 0.167. The molecule has 0 saturated carbocycles. The predicted molar refractivity (Wildman–Crippen MR) is 112 cm³/mol. The van der Waals surface area contributed by atoms with Crippen molar-refractivity contribution in [2.24, 2.45) is 0 Å². The third-order valence-electron chi connectivity index (χ3n) is 4.68. The van der Waals surface area contributed by atoms with E-state index >= 15 is 0 Å². The van der Waals surface area contributed by atoms with Gasteiger partial charge in [-0.05, 0) is 31.2 Å². The lowest BCUT2D eigenvalue weighted by Gasteiger charge is -2.16. The largest absolute Gasteiger partial charge is 0.488 e. The molecule has 0 amide bonds. The number of thiazole rings is 1. The highest BCUT2D eigenvalue weighted by atomic mass is 32.1. The number of hydrogen-bond acceptors (Lipinski definition) is 7. The molecular weight excluding hydrogens is 370 g/mol. The van der Waals surface area contributed by atoms with E-state index in [0.29, 0.717) is 5.95 Å². The van der Waals surface area contributed by atoms with E-state index in [1.54, 1.807) is 11.3 Å². The molecule has 0 aliphatic carbocycles. The summed E-state index contributed by atoms with van der Waals surface area (Å²) in [5.74, 6) is 1.38. The first-order chi connectivity index (χ1) is 13.8. The first-order valence-corrected chi connectivity index (χ1v) is 10.1. The van der Waals surface area contributed by atoms with Gasteiger partial charge in [0.15, 0.2) is 0 Å². The summed E-state index contributed by atoms with van der Waals surface area (Å²) < 4.78 is 6.32. The Labute approximate surface area is 166 Å². The van der Waals surface area contributed by atoms with E-state index in [-0.39, 0.29) is 6.10 Å². The highest BCUT2D eigenvalue weighted by Gasteiger charge is 2.20. The molecule has 28 heavy (non-hydrogen) atoms. The van der Waals surface area contributed by atoms with Gasteiger partial charge in [-0.1, -0.05) is 18.2 Å². The number of anilines is 2.